The van der Waals surface area contributed by atoms with Crippen LogP contribution >= 0.6 is 0 Å². The lowest BCUT2D eigenvalue weighted by Crippen LogP contribution is -1.99. The average molecular weight is 441 g/mol. The second-order valence-corrected chi connectivity index (χ2v) is 8.21. The lowest BCUT2D eigenvalue weighted by Gasteiger charge is -2.04. The van der Waals surface area contributed by atoms with Crippen LogP contribution in [0.5, 0.6) is 0 Å². The third-order valence-corrected chi connectivity index (χ3v) is 5.68. The summed E-state index contributed by atoms with van der Waals surface area (Å²) >= 11 is 0. The predicted molar refractivity (Wildman–Crippen MR) is 129 cm³/mol. The van der Waals surface area contributed by atoms with Gasteiger partial charge in [0.25, 0.3) is 0 Å². The van der Waals surface area contributed by atoms with Gasteiger partial charge in [-0.25, -0.2) is 18.7 Å². The van der Waals surface area contributed by atoms with Crippen molar-refractivity contribution in [3.63, 3.8) is 0 Å². The maximum atomic E-state index is 13.8. The van der Waals surface area contributed by atoms with Crippen molar-refractivity contribution in [2.45, 2.75) is 45.4 Å². The number of benzene rings is 3. The number of rotatable bonds is 7. The first-order valence-corrected chi connectivity index (χ1v) is 11.4. The van der Waals surface area contributed by atoms with Crippen molar-refractivity contribution in [3.05, 3.63) is 107 Å². The Morgan fingerprint density at radius 1 is 0.727 bits per heavy atom. The van der Waals surface area contributed by atoms with Crippen LogP contribution in [-0.2, 0) is 19.3 Å². The molecule has 0 amide bonds. The van der Waals surface area contributed by atoms with E-state index in [1.165, 1.54) is 30.4 Å². The molecule has 0 radical (unpaired) electrons. The summed E-state index contributed by atoms with van der Waals surface area (Å²) in [6, 6.07) is 15.9. The highest BCUT2D eigenvalue weighted by Crippen LogP contribution is 2.21. The van der Waals surface area contributed by atoms with Gasteiger partial charge >= 0.3 is 0 Å². The largest absolute Gasteiger partial charge is 0.241 e. The minimum absolute atomic E-state index is 0.264. The van der Waals surface area contributed by atoms with E-state index in [0.717, 1.165) is 42.3 Å². The Bertz CT molecular complexity index is 1280. The summed E-state index contributed by atoms with van der Waals surface area (Å²) in [4.78, 5) is 9.01. The van der Waals surface area contributed by atoms with Gasteiger partial charge in [0, 0.05) is 35.3 Å². The Morgan fingerprint density at radius 3 is 2.21 bits per heavy atom. The first-order chi connectivity index (χ1) is 16.1. The molecule has 0 aliphatic rings. The quantitative estimate of drug-likeness (QED) is 0.233. The Hall–Kier alpha value is -3.58. The van der Waals surface area contributed by atoms with Crippen molar-refractivity contribution < 1.29 is 8.78 Å². The lowest BCUT2D eigenvalue weighted by molar-refractivity contribution is 0.517. The van der Waals surface area contributed by atoms with Crippen molar-refractivity contribution in [3.8, 4) is 11.8 Å². The third-order valence-electron chi connectivity index (χ3n) is 5.68. The van der Waals surface area contributed by atoms with Crippen LogP contribution in [0.4, 0.5) is 8.78 Å². The fourth-order valence-electron chi connectivity index (χ4n) is 3.72. The van der Waals surface area contributed by atoms with E-state index in [2.05, 4.69) is 40.9 Å². The maximum absolute atomic E-state index is 13.8. The van der Waals surface area contributed by atoms with E-state index in [0.29, 0.717) is 5.39 Å². The molecule has 3 aromatic carbocycles. The minimum atomic E-state index is -0.840. The molecule has 166 valence electrons. The van der Waals surface area contributed by atoms with Crippen LogP contribution in [0.15, 0.2) is 67.0 Å². The van der Waals surface area contributed by atoms with E-state index < -0.39 is 11.6 Å². The van der Waals surface area contributed by atoms with E-state index in [4.69, 9.17) is 0 Å². The lowest BCUT2D eigenvalue weighted by atomic mass is 10.1. The fraction of sp³-hybridized carbons (Fsp3) is 0.241. The van der Waals surface area contributed by atoms with Gasteiger partial charge < -0.3 is 0 Å². The van der Waals surface area contributed by atoms with E-state index in [1.54, 1.807) is 24.3 Å². The van der Waals surface area contributed by atoms with Crippen LogP contribution in [0.25, 0.3) is 10.8 Å². The average Bonchev–Trinajstić information content (AvgIpc) is 2.85. The Labute approximate surface area is 193 Å². The molecule has 4 heteroatoms. The fourth-order valence-corrected chi connectivity index (χ4v) is 3.72. The van der Waals surface area contributed by atoms with Gasteiger partial charge in [-0.2, -0.15) is 0 Å². The van der Waals surface area contributed by atoms with Gasteiger partial charge in [0.05, 0.1) is 0 Å². The number of hydrogen-bond acceptors (Lipinski definition) is 2. The monoisotopic (exact) mass is 440 g/mol. The Morgan fingerprint density at radius 2 is 1.45 bits per heavy atom. The minimum Gasteiger partial charge on any atom is -0.241 e. The topological polar surface area (TPSA) is 25.8 Å². The van der Waals surface area contributed by atoms with Gasteiger partial charge in [0.1, 0.15) is 5.82 Å². The highest BCUT2D eigenvalue weighted by Gasteiger charge is 2.06. The second kappa shape index (κ2) is 10.8. The zero-order chi connectivity index (χ0) is 23.0. The highest BCUT2D eigenvalue weighted by molar-refractivity contribution is 5.84. The molecule has 0 bridgehead atoms. The highest BCUT2D eigenvalue weighted by atomic mass is 19.2. The molecule has 0 unspecified atom stereocenters. The van der Waals surface area contributed by atoms with Crippen LogP contribution in [0.2, 0.25) is 0 Å². The summed E-state index contributed by atoms with van der Waals surface area (Å²) in [5, 5.41) is 0.896. The molecule has 4 aromatic rings. The Kier molecular flexibility index (Phi) is 7.42. The second-order valence-electron chi connectivity index (χ2n) is 8.21. The summed E-state index contributed by atoms with van der Waals surface area (Å²) in [6.45, 7) is 2.21. The maximum Gasteiger partial charge on any atom is 0.166 e. The van der Waals surface area contributed by atoms with Crippen molar-refractivity contribution >= 4 is 10.8 Å². The van der Waals surface area contributed by atoms with Crippen LogP contribution in [-0.4, -0.2) is 9.97 Å². The van der Waals surface area contributed by atoms with Crippen LogP contribution in [0.1, 0.15) is 54.3 Å². The number of fused-ring (bicyclic) bond motifs is 1. The van der Waals surface area contributed by atoms with Gasteiger partial charge in [-0.1, -0.05) is 55.9 Å². The van der Waals surface area contributed by atoms with Gasteiger partial charge in [-0.05, 0) is 66.1 Å². The van der Waals surface area contributed by atoms with E-state index in [9.17, 15) is 8.78 Å². The number of aryl methyl sites for hydroxylation is 3. The molecule has 0 atom stereocenters. The molecular formula is C29H26F2N2. The molecule has 0 fully saturated rings. The van der Waals surface area contributed by atoms with Crippen molar-refractivity contribution in [2.24, 2.45) is 0 Å². The Balaban J connectivity index is 1.35. The summed E-state index contributed by atoms with van der Waals surface area (Å²) in [5.74, 6) is 5.44. The molecule has 0 saturated heterocycles. The summed E-state index contributed by atoms with van der Waals surface area (Å²) in [5.41, 5.74) is 4.07. The number of nitrogens with zero attached hydrogens (tertiary/aromatic N) is 2. The van der Waals surface area contributed by atoms with Gasteiger partial charge in [-0.15, -0.1) is 0 Å². The number of halogens is 2. The summed E-state index contributed by atoms with van der Waals surface area (Å²) < 4.78 is 27.2. The molecule has 1 aromatic heterocycles. The standard InChI is InChI=1S/C29H26F2N2/c1-2-3-4-5-24-19-32-28(33-20-24)17-13-22-8-6-21(7-9-22)10-11-23-12-15-26-25(18-23)14-16-27(30)29(26)31/h6-9,12,14-16,18-20H,2-5,13,17H2,1H3. The molecule has 0 saturated carbocycles. The number of hydrogen-bond donors (Lipinski definition) is 0. The molecular weight excluding hydrogens is 414 g/mol. The van der Waals surface area contributed by atoms with Crippen LogP contribution in [0.3, 0.4) is 0 Å². The molecule has 0 aliphatic carbocycles. The first-order valence-electron chi connectivity index (χ1n) is 11.4. The van der Waals surface area contributed by atoms with E-state index in [1.807, 2.05) is 24.5 Å². The zero-order valence-electron chi connectivity index (χ0n) is 18.7. The SMILES string of the molecule is CCCCCc1cnc(CCc2ccc(C#Cc3ccc4c(F)c(F)ccc4c3)cc2)nc1. The van der Waals surface area contributed by atoms with Crippen LogP contribution < -0.4 is 0 Å². The van der Waals surface area contributed by atoms with Crippen molar-refractivity contribution in [1.29, 1.82) is 0 Å². The molecule has 4 rings (SSSR count). The molecule has 1 heterocycles. The zero-order valence-corrected chi connectivity index (χ0v) is 18.7. The smallest absolute Gasteiger partial charge is 0.166 e. The summed E-state index contributed by atoms with van der Waals surface area (Å²) in [7, 11) is 0. The molecule has 0 aliphatic heterocycles. The molecule has 33 heavy (non-hydrogen) atoms. The van der Waals surface area contributed by atoms with Gasteiger partial charge in [-0.3, -0.25) is 0 Å². The van der Waals surface area contributed by atoms with Crippen molar-refractivity contribution in [2.75, 3.05) is 0 Å². The molecule has 0 spiro atoms. The number of unbranched alkanes of at least 4 members (excludes halogenated alkanes) is 2. The summed E-state index contributed by atoms with van der Waals surface area (Å²) in [6.07, 6.45) is 10.3. The van der Waals surface area contributed by atoms with Crippen molar-refractivity contribution in [1.82, 2.24) is 9.97 Å². The van der Waals surface area contributed by atoms with E-state index in [-0.39, 0.29) is 5.39 Å². The first kappa shape index (κ1) is 22.6. The van der Waals surface area contributed by atoms with Gasteiger partial charge in [0.2, 0.25) is 0 Å². The van der Waals surface area contributed by atoms with Gasteiger partial charge in [0.15, 0.2) is 11.6 Å². The molecule has 2 nitrogen and oxygen atoms in total. The van der Waals surface area contributed by atoms with Crippen LogP contribution in [0, 0.1) is 23.5 Å². The number of aromatic nitrogens is 2. The normalized spacial score (nSPS) is 10.8. The predicted octanol–water partition coefficient (Wildman–Crippen LogP) is 6.83. The third kappa shape index (κ3) is 6.02. The van der Waals surface area contributed by atoms with E-state index >= 15 is 0 Å². The molecule has 0 N–H and O–H groups in total.